The van der Waals surface area contributed by atoms with Gasteiger partial charge in [0.15, 0.2) is 5.78 Å². The van der Waals surface area contributed by atoms with Crippen molar-refractivity contribution in [3.63, 3.8) is 0 Å². The van der Waals surface area contributed by atoms with Crippen molar-refractivity contribution in [3.05, 3.63) is 47.8 Å². The van der Waals surface area contributed by atoms with E-state index in [2.05, 4.69) is 15.6 Å². The Balaban J connectivity index is 1.59. The first-order chi connectivity index (χ1) is 9.33. The van der Waals surface area contributed by atoms with Crippen molar-refractivity contribution >= 4 is 5.78 Å². The van der Waals surface area contributed by atoms with Crippen molar-refractivity contribution in [1.82, 2.24) is 20.3 Å². The smallest absolute Gasteiger partial charge is 0.185 e. The van der Waals surface area contributed by atoms with E-state index in [-0.39, 0.29) is 5.78 Å². The second-order valence-electron chi connectivity index (χ2n) is 4.80. The number of carbonyl (C=O) groups excluding carboxylic acids is 1. The highest BCUT2D eigenvalue weighted by Gasteiger charge is 2.21. The number of hydrogen-bond donors (Lipinski definition) is 1. The van der Waals surface area contributed by atoms with Gasteiger partial charge in [0.2, 0.25) is 0 Å². The molecule has 1 aromatic carbocycles. The summed E-state index contributed by atoms with van der Waals surface area (Å²) in [7, 11) is 0. The van der Waals surface area contributed by atoms with E-state index in [1.807, 2.05) is 30.3 Å². The predicted octanol–water partition coefficient (Wildman–Crippen LogP) is 1.24. The molecule has 0 unspecified atom stereocenters. The molecule has 98 valence electrons. The number of ketones is 1. The van der Waals surface area contributed by atoms with E-state index < -0.39 is 0 Å². The van der Waals surface area contributed by atoms with E-state index in [9.17, 15) is 4.79 Å². The second kappa shape index (κ2) is 5.32. The van der Waals surface area contributed by atoms with Crippen molar-refractivity contribution in [2.45, 2.75) is 18.9 Å². The Hall–Kier alpha value is -2.01. The van der Waals surface area contributed by atoms with Crippen LogP contribution in [-0.2, 0) is 6.42 Å². The van der Waals surface area contributed by atoms with Crippen molar-refractivity contribution in [1.29, 1.82) is 0 Å². The molecular formula is C14H16N4O. The van der Waals surface area contributed by atoms with Gasteiger partial charge in [0.25, 0.3) is 0 Å². The molecule has 0 spiro atoms. The molecule has 0 radical (unpaired) electrons. The Bertz CT molecular complexity index is 560. The number of nitrogens with one attached hydrogen (secondary N) is 1. The molecule has 1 fully saturated rings. The lowest BCUT2D eigenvalue weighted by Crippen LogP contribution is -2.43. The standard InChI is InChI=1S/C14H16N4O/c19-14(7-6-11-4-2-1-3-5-11)13-10-18(17-16-13)12-8-15-9-12/h1-5,10,12,15H,6-9H2. The normalized spacial score (nSPS) is 15.2. The van der Waals surface area contributed by atoms with Crippen LogP contribution in [0.4, 0.5) is 0 Å². The Morgan fingerprint density at radius 3 is 2.79 bits per heavy atom. The lowest BCUT2D eigenvalue weighted by molar-refractivity contribution is 0.0978. The van der Waals surface area contributed by atoms with Crippen LogP contribution in [0, 0.1) is 0 Å². The maximum absolute atomic E-state index is 12.0. The minimum Gasteiger partial charge on any atom is -0.312 e. The summed E-state index contributed by atoms with van der Waals surface area (Å²) in [6.45, 7) is 1.81. The van der Waals surface area contributed by atoms with E-state index in [1.165, 1.54) is 5.56 Å². The van der Waals surface area contributed by atoms with Crippen LogP contribution in [0.5, 0.6) is 0 Å². The molecule has 5 heteroatoms. The number of Topliss-reactive ketones (excluding diaryl/α,β-unsaturated/α-hetero) is 1. The van der Waals surface area contributed by atoms with Gasteiger partial charge in [0, 0.05) is 19.5 Å². The summed E-state index contributed by atoms with van der Waals surface area (Å²) in [5.74, 6) is 0.0578. The molecule has 0 bridgehead atoms. The third-order valence-electron chi connectivity index (χ3n) is 3.41. The van der Waals surface area contributed by atoms with Gasteiger partial charge in [-0.1, -0.05) is 35.5 Å². The molecule has 0 aliphatic carbocycles. The summed E-state index contributed by atoms with van der Waals surface area (Å²) < 4.78 is 1.78. The zero-order chi connectivity index (χ0) is 13.1. The first-order valence-electron chi connectivity index (χ1n) is 6.52. The molecule has 1 aliphatic rings. The largest absolute Gasteiger partial charge is 0.312 e. The van der Waals surface area contributed by atoms with Crippen LogP contribution >= 0.6 is 0 Å². The molecule has 2 aromatic rings. The zero-order valence-electron chi connectivity index (χ0n) is 10.6. The Kier molecular flexibility index (Phi) is 3.37. The fourth-order valence-corrected chi connectivity index (χ4v) is 2.07. The van der Waals surface area contributed by atoms with Crippen LogP contribution in [0.3, 0.4) is 0 Å². The van der Waals surface area contributed by atoms with E-state index in [0.717, 1.165) is 19.5 Å². The maximum Gasteiger partial charge on any atom is 0.185 e. The molecule has 19 heavy (non-hydrogen) atoms. The van der Waals surface area contributed by atoms with Crippen molar-refractivity contribution in [3.8, 4) is 0 Å². The van der Waals surface area contributed by atoms with Gasteiger partial charge >= 0.3 is 0 Å². The molecule has 1 N–H and O–H groups in total. The Morgan fingerprint density at radius 1 is 1.32 bits per heavy atom. The molecule has 1 aromatic heterocycles. The average Bonchev–Trinajstić information content (AvgIpc) is 2.84. The number of aryl methyl sites for hydroxylation is 1. The summed E-state index contributed by atoms with van der Waals surface area (Å²) in [6.07, 6.45) is 2.99. The van der Waals surface area contributed by atoms with Gasteiger partial charge in [0.1, 0.15) is 5.69 Å². The van der Waals surface area contributed by atoms with Crippen LogP contribution in [0.15, 0.2) is 36.5 Å². The minimum atomic E-state index is 0.0578. The number of benzene rings is 1. The zero-order valence-corrected chi connectivity index (χ0v) is 10.6. The summed E-state index contributed by atoms with van der Waals surface area (Å²) in [6, 6.07) is 10.4. The monoisotopic (exact) mass is 256 g/mol. The fraction of sp³-hybridized carbons (Fsp3) is 0.357. The highest BCUT2D eigenvalue weighted by atomic mass is 16.1. The predicted molar refractivity (Wildman–Crippen MR) is 71.0 cm³/mol. The molecule has 1 saturated heterocycles. The van der Waals surface area contributed by atoms with Gasteiger partial charge in [-0.25, -0.2) is 4.68 Å². The molecular weight excluding hydrogens is 240 g/mol. The highest BCUT2D eigenvalue weighted by molar-refractivity contribution is 5.93. The topological polar surface area (TPSA) is 59.8 Å². The van der Waals surface area contributed by atoms with Crippen LogP contribution in [-0.4, -0.2) is 33.9 Å². The lowest BCUT2D eigenvalue weighted by atomic mass is 10.1. The Morgan fingerprint density at radius 2 is 2.11 bits per heavy atom. The van der Waals surface area contributed by atoms with Crippen LogP contribution < -0.4 is 5.32 Å². The van der Waals surface area contributed by atoms with Gasteiger partial charge in [-0.05, 0) is 12.0 Å². The Labute approximate surface area is 111 Å². The van der Waals surface area contributed by atoms with E-state index in [0.29, 0.717) is 18.2 Å². The van der Waals surface area contributed by atoms with Crippen LogP contribution in [0.2, 0.25) is 0 Å². The van der Waals surface area contributed by atoms with E-state index in [4.69, 9.17) is 0 Å². The van der Waals surface area contributed by atoms with Crippen LogP contribution in [0.25, 0.3) is 0 Å². The second-order valence-corrected chi connectivity index (χ2v) is 4.80. The van der Waals surface area contributed by atoms with Crippen molar-refractivity contribution in [2.24, 2.45) is 0 Å². The molecule has 0 saturated carbocycles. The highest BCUT2D eigenvalue weighted by Crippen LogP contribution is 2.11. The quantitative estimate of drug-likeness (QED) is 0.818. The van der Waals surface area contributed by atoms with Crippen molar-refractivity contribution in [2.75, 3.05) is 13.1 Å². The minimum absolute atomic E-state index is 0.0578. The number of hydrogen-bond acceptors (Lipinski definition) is 4. The first-order valence-corrected chi connectivity index (χ1v) is 6.52. The molecule has 5 nitrogen and oxygen atoms in total. The summed E-state index contributed by atoms with van der Waals surface area (Å²) in [5, 5.41) is 11.2. The average molecular weight is 256 g/mol. The summed E-state index contributed by atoms with van der Waals surface area (Å²) in [4.78, 5) is 12.0. The van der Waals surface area contributed by atoms with Gasteiger partial charge < -0.3 is 5.32 Å². The molecule has 0 atom stereocenters. The summed E-state index contributed by atoms with van der Waals surface area (Å²) in [5.41, 5.74) is 1.65. The number of carbonyl (C=O) groups is 1. The van der Waals surface area contributed by atoms with Gasteiger partial charge in [-0.15, -0.1) is 5.10 Å². The SMILES string of the molecule is O=C(CCc1ccccc1)c1cn(C2CNC2)nn1. The molecule has 0 amide bonds. The van der Waals surface area contributed by atoms with Gasteiger partial charge in [0.05, 0.1) is 12.2 Å². The molecule has 1 aliphatic heterocycles. The summed E-state index contributed by atoms with van der Waals surface area (Å²) >= 11 is 0. The third kappa shape index (κ3) is 2.71. The van der Waals surface area contributed by atoms with Crippen LogP contribution in [0.1, 0.15) is 28.5 Å². The number of nitrogens with zero attached hydrogens (tertiary/aromatic N) is 3. The van der Waals surface area contributed by atoms with Crippen molar-refractivity contribution < 1.29 is 4.79 Å². The number of aromatic nitrogens is 3. The van der Waals surface area contributed by atoms with Gasteiger partial charge in [-0.2, -0.15) is 0 Å². The number of rotatable bonds is 5. The fourth-order valence-electron chi connectivity index (χ4n) is 2.07. The van der Waals surface area contributed by atoms with E-state index >= 15 is 0 Å². The lowest BCUT2D eigenvalue weighted by Gasteiger charge is -2.26. The first kappa shape index (κ1) is 12.0. The van der Waals surface area contributed by atoms with Gasteiger partial charge in [-0.3, -0.25) is 4.79 Å². The molecule has 2 heterocycles. The third-order valence-corrected chi connectivity index (χ3v) is 3.41. The van der Waals surface area contributed by atoms with E-state index in [1.54, 1.807) is 10.9 Å². The molecule has 3 rings (SSSR count). The maximum atomic E-state index is 12.0.